The highest BCUT2D eigenvalue weighted by Gasteiger charge is 2.20. The topological polar surface area (TPSA) is 47.6 Å². The first-order chi connectivity index (χ1) is 16.1. The van der Waals surface area contributed by atoms with E-state index in [0.29, 0.717) is 6.54 Å². The Morgan fingerprint density at radius 1 is 0.909 bits per heavy atom. The van der Waals surface area contributed by atoms with Crippen LogP contribution in [-0.4, -0.2) is 50.6 Å². The molecule has 4 rings (SSSR count). The number of carbonyl (C=O) groups is 1. The number of benzene rings is 3. The number of amides is 1. The molecular formula is C27H31ClN4O. The van der Waals surface area contributed by atoms with Crippen LogP contribution in [0.15, 0.2) is 78.9 Å². The molecule has 172 valence electrons. The lowest BCUT2D eigenvalue weighted by atomic mass is 10.1. The van der Waals surface area contributed by atoms with Gasteiger partial charge in [0.2, 0.25) is 5.91 Å². The molecule has 2 N–H and O–H groups in total. The second-order valence-electron chi connectivity index (χ2n) is 8.50. The molecule has 3 aromatic rings. The third kappa shape index (κ3) is 6.57. The third-order valence-corrected chi connectivity index (χ3v) is 6.33. The molecule has 1 saturated heterocycles. The Bertz CT molecular complexity index is 1020. The number of nitrogens with zero attached hydrogens (tertiary/aromatic N) is 2. The van der Waals surface area contributed by atoms with Gasteiger partial charge in [-0.15, -0.1) is 0 Å². The van der Waals surface area contributed by atoms with Gasteiger partial charge in [-0.05, 0) is 61.0 Å². The zero-order valence-electron chi connectivity index (χ0n) is 19.0. The van der Waals surface area contributed by atoms with Crippen LogP contribution in [0.2, 0.25) is 5.02 Å². The summed E-state index contributed by atoms with van der Waals surface area (Å²) in [5.74, 6) is -0.0651. The fraction of sp³-hybridized carbons (Fsp3) is 0.296. The van der Waals surface area contributed by atoms with Crippen LogP contribution in [-0.2, 0) is 11.2 Å². The van der Waals surface area contributed by atoms with E-state index in [2.05, 4.69) is 39.6 Å². The number of nitrogens with one attached hydrogen (secondary N) is 2. The molecule has 1 heterocycles. The molecule has 0 saturated carbocycles. The predicted octanol–water partition coefficient (Wildman–Crippen LogP) is 4.60. The smallest absolute Gasteiger partial charge is 0.246 e. The summed E-state index contributed by atoms with van der Waals surface area (Å²) in [6.07, 6.45) is 0.813. The SMILES string of the molecule is CN1CCN(c2ccc(NC(=O)C(NCCc3ccc(Cl)cc3)c3ccccc3)cc2)CC1. The lowest BCUT2D eigenvalue weighted by Crippen LogP contribution is -2.44. The van der Waals surface area contributed by atoms with E-state index in [9.17, 15) is 4.79 Å². The first kappa shape index (κ1) is 23.3. The highest BCUT2D eigenvalue weighted by Crippen LogP contribution is 2.21. The van der Waals surface area contributed by atoms with E-state index < -0.39 is 6.04 Å². The average Bonchev–Trinajstić information content (AvgIpc) is 2.84. The number of carbonyl (C=O) groups excluding carboxylic acids is 1. The highest BCUT2D eigenvalue weighted by molar-refractivity contribution is 6.30. The molecule has 33 heavy (non-hydrogen) atoms. The summed E-state index contributed by atoms with van der Waals surface area (Å²) in [6, 6.07) is 25.4. The van der Waals surface area contributed by atoms with Crippen molar-refractivity contribution in [2.24, 2.45) is 0 Å². The van der Waals surface area contributed by atoms with Crippen LogP contribution < -0.4 is 15.5 Å². The summed E-state index contributed by atoms with van der Waals surface area (Å²) < 4.78 is 0. The Balaban J connectivity index is 1.39. The number of rotatable bonds is 8. The summed E-state index contributed by atoms with van der Waals surface area (Å²) in [4.78, 5) is 17.9. The summed E-state index contributed by atoms with van der Waals surface area (Å²) in [5, 5.41) is 7.25. The first-order valence-corrected chi connectivity index (χ1v) is 11.8. The third-order valence-electron chi connectivity index (χ3n) is 6.07. The number of halogens is 1. The Morgan fingerprint density at radius 2 is 1.58 bits per heavy atom. The van der Waals surface area contributed by atoms with Gasteiger partial charge in [0.25, 0.3) is 0 Å². The monoisotopic (exact) mass is 462 g/mol. The molecule has 1 aliphatic rings. The number of hydrogen-bond donors (Lipinski definition) is 2. The van der Waals surface area contributed by atoms with Crippen LogP contribution in [0.25, 0.3) is 0 Å². The Morgan fingerprint density at radius 3 is 2.24 bits per heavy atom. The zero-order chi connectivity index (χ0) is 23.0. The molecular weight excluding hydrogens is 432 g/mol. The molecule has 1 atom stereocenters. The summed E-state index contributed by atoms with van der Waals surface area (Å²) in [5.41, 5.74) is 4.12. The van der Waals surface area contributed by atoms with E-state index in [0.717, 1.165) is 48.9 Å². The van der Waals surface area contributed by atoms with Gasteiger partial charge >= 0.3 is 0 Å². The molecule has 5 nitrogen and oxygen atoms in total. The van der Waals surface area contributed by atoms with Crippen molar-refractivity contribution in [1.82, 2.24) is 10.2 Å². The van der Waals surface area contributed by atoms with E-state index in [4.69, 9.17) is 11.6 Å². The van der Waals surface area contributed by atoms with Gasteiger partial charge in [-0.2, -0.15) is 0 Å². The van der Waals surface area contributed by atoms with E-state index >= 15 is 0 Å². The van der Waals surface area contributed by atoms with Crippen molar-refractivity contribution < 1.29 is 4.79 Å². The molecule has 1 aliphatic heterocycles. The predicted molar refractivity (Wildman–Crippen MR) is 137 cm³/mol. The Labute approximate surface area is 201 Å². The summed E-state index contributed by atoms with van der Waals surface area (Å²) in [6.45, 7) is 4.86. The van der Waals surface area contributed by atoms with Gasteiger partial charge in [0.1, 0.15) is 6.04 Å². The number of hydrogen-bond acceptors (Lipinski definition) is 4. The number of anilines is 2. The van der Waals surface area contributed by atoms with Crippen LogP contribution in [0.4, 0.5) is 11.4 Å². The molecule has 0 aliphatic carbocycles. The lowest BCUT2D eigenvalue weighted by molar-refractivity contribution is -0.118. The molecule has 1 fully saturated rings. The van der Waals surface area contributed by atoms with Gasteiger partial charge in [0.05, 0.1) is 0 Å². The normalized spacial score (nSPS) is 15.3. The minimum Gasteiger partial charge on any atom is -0.369 e. The number of likely N-dealkylation sites (N-methyl/N-ethyl adjacent to an activating group) is 1. The molecule has 3 aromatic carbocycles. The molecule has 6 heteroatoms. The van der Waals surface area contributed by atoms with E-state index in [1.807, 2.05) is 66.7 Å². The molecule has 0 radical (unpaired) electrons. The van der Waals surface area contributed by atoms with E-state index in [1.54, 1.807) is 0 Å². The maximum absolute atomic E-state index is 13.2. The maximum atomic E-state index is 13.2. The van der Waals surface area contributed by atoms with Crippen LogP contribution in [0.3, 0.4) is 0 Å². The van der Waals surface area contributed by atoms with E-state index in [-0.39, 0.29) is 5.91 Å². The highest BCUT2D eigenvalue weighted by atomic mass is 35.5. The van der Waals surface area contributed by atoms with Gasteiger partial charge in [-0.1, -0.05) is 54.1 Å². The molecule has 1 unspecified atom stereocenters. The maximum Gasteiger partial charge on any atom is 0.246 e. The summed E-state index contributed by atoms with van der Waals surface area (Å²) in [7, 11) is 2.16. The van der Waals surface area contributed by atoms with Crippen LogP contribution in [0, 0.1) is 0 Å². The Hall–Kier alpha value is -2.86. The molecule has 1 amide bonds. The van der Waals surface area contributed by atoms with Crippen molar-refractivity contribution in [2.75, 3.05) is 50.0 Å². The van der Waals surface area contributed by atoms with Crippen molar-refractivity contribution in [3.63, 3.8) is 0 Å². The van der Waals surface area contributed by atoms with Crippen LogP contribution in [0.1, 0.15) is 17.2 Å². The fourth-order valence-corrected chi connectivity index (χ4v) is 4.18. The standard InChI is InChI=1S/C27H31ClN4O/c1-31-17-19-32(20-18-31)25-13-11-24(12-14-25)30-27(33)26(22-5-3-2-4-6-22)29-16-15-21-7-9-23(28)10-8-21/h2-14,26,29H,15-20H2,1H3,(H,30,33). The second kappa shape index (κ2) is 11.3. The lowest BCUT2D eigenvalue weighted by Gasteiger charge is -2.34. The first-order valence-electron chi connectivity index (χ1n) is 11.5. The molecule has 0 aromatic heterocycles. The largest absolute Gasteiger partial charge is 0.369 e. The van der Waals surface area contributed by atoms with Crippen molar-refractivity contribution in [3.8, 4) is 0 Å². The van der Waals surface area contributed by atoms with Gasteiger partial charge in [-0.3, -0.25) is 4.79 Å². The van der Waals surface area contributed by atoms with Crippen LogP contribution in [0.5, 0.6) is 0 Å². The van der Waals surface area contributed by atoms with Crippen molar-refractivity contribution >= 4 is 28.9 Å². The van der Waals surface area contributed by atoms with Gasteiger partial charge < -0.3 is 20.4 Å². The van der Waals surface area contributed by atoms with Gasteiger partial charge in [-0.25, -0.2) is 0 Å². The fourth-order valence-electron chi connectivity index (χ4n) is 4.05. The Kier molecular flexibility index (Phi) is 8.00. The van der Waals surface area contributed by atoms with Crippen molar-refractivity contribution in [2.45, 2.75) is 12.5 Å². The van der Waals surface area contributed by atoms with Crippen molar-refractivity contribution in [1.29, 1.82) is 0 Å². The van der Waals surface area contributed by atoms with Crippen molar-refractivity contribution in [3.05, 3.63) is 95.0 Å². The minimum atomic E-state index is -0.434. The minimum absolute atomic E-state index is 0.0651. The summed E-state index contributed by atoms with van der Waals surface area (Å²) >= 11 is 5.98. The van der Waals surface area contributed by atoms with E-state index in [1.165, 1.54) is 11.3 Å². The molecule has 0 bridgehead atoms. The zero-order valence-corrected chi connectivity index (χ0v) is 19.8. The molecule has 0 spiro atoms. The van der Waals surface area contributed by atoms with Gasteiger partial charge in [0, 0.05) is 49.1 Å². The second-order valence-corrected chi connectivity index (χ2v) is 8.94. The van der Waals surface area contributed by atoms with Crippen LogP contribution >= 0.6 is 11.6 Å². The van der Waals surface area contributed by atoms with Gasteiger partial charge in [0.15, 0.2) is 0 Å². The quantitative estimate of drug-likeness (QED) is 0.513. The average molecular weight is 463 g/mol. The number of piperazine rings is 1.